The van der Waals surface area contributed by atoms with Gasteiger partial charge >= 0.3 is 11.9 Å². The minimum atomic E-state index is -0.610. The summed E-state index contributed by atoms with van der Waals surface area (Å²) in [5.41, 5.74) is 5.65. The van der Waals surface area contributed by atoms with Crippen molar-refractivity contribution in [2.75, 3.05) is 32.8 Å². The lowest BCUT2D eigenvalue weighted by Gasteiger charge is -2.41. The van der Waals surface area contributed by atoms with Crippen LogP contribution in [0.1, 0.15) is 118 Å². The molecule has 6 nitrogen and oxygen atoms in total. The lowest BCUT2D eigenvalue weighted by atomic mass is 9.80. The summed E-state index contributed by atoms with van der Waals surface area (Å²) in [4.78, 5) is 28.2. The van der Waals surface area contributed by atoms with Gasteiger partial charge in [-0.05, 0) is 134 Å². The maximum Gasteiger partial charge on any atom is 0.309 e. The normalized spacial score (nSPS) is 26.9. The van der Waals surface area contributed by atoms with Gasteiger partial charge in [-0.15, -0.1) is 0 Å². The number of aliphatic carboxylic acids is 1. The summed E-state index contributed by atoms with van der Waals surface area (Å²) >= 11 is 0. The number of nitrogens with zero attached hydrogens (tertiary/aromatic N) is 2. The van der Waals surface area contributed by atoms with Gasteiger partial charge < -0.3 is 19.6 Å². The fraction of sp³-hybridized carbons (Fsp3) is 0.650. The highest BCUT2D eigenvalue weighted by molar-refractivity contribution is 5.72. The third-order valence-electron chi connectivity index (χ3n) is 11.5. The zero-order chi connectivity index (χ0) is 32.5. The molecule has 2 saturated carbocycles. The van der Waals surface area contributed by atoms with Gasteiger partial charge in [-0.2, -0.15) is 0 Å². The van der Waals surface area contributed by atoms with Gasteiger partial charge in [0.2, 0.25) is 0 Å². The van der Waals surface area contributed by atoms with Gasteiger partial charge in [0.15, 0.2) is 0 Å². The van der Waals surface area contributed by atoms with Crippen LogP contribution < -0.4 is 0 Å². The highest BCUT2D eigenvalue weighted by Crippen LogP contribution is 2.38. The second-order valence-electron chi connectivity index (χ2n) is 14.6. The van der Waals surface area contributed by atoms with Crippen molar-refractivity contribution in [1.82, 2.24) is 9.80 Å². The van der Waals surface area contributed by atoms with Gasteiger partial charge in [-0.3, -0.25) is 9.59 Å². The highest BCUT2D eigenvalue weighted by Gasteiger charge is 2.33. The maximum atomic E-state index is 11.9. The van der Waals surface area contributed by atoms with Crippen LogP contribution >= 0.6 is 0 Å². The van der Waals surface area contributed by atoms with E-state index < -0.39 is 5.97 Å². The fourth-order valence-electron chi connectivity index (χ4n) is 8.55. The van der Waals surface area contributed by atoms with Crippen LogP contribution in [0.25, 0.3) is 0 Å². The van der Waals surface area contributed by atoms with E-state index in [9.17, 15) is 9.59 Å². The SMILES string of the molecule is CCOC(=O)C1CCN(C2CCCC(c3ccc(C)cc3)C2)CC1.Cc1ccc(C2CCCC(N3CCC(C(=O)O)CC3)C2)cc1. The van der Waals surface area contributed by atoms with Crippen molar-refractivity contribution in [3.05, 3.63) is 70.8 Å². The predicted molar refractivity (Wildman–Crippen MR) is 185 cm³/mol. The summed E-state index contributed by atoms with van der Waals surface area (Å²) in [5.74, 6) is 0.785. The third kappa shape index (κ3) is 9.44. The zero-order valence-electron chi connectivity index (χ0n) is 28.7. The highest BCUT2D eigenvalue weighted by atomic mass is 16.5. The summed E-state index contributed by atoms with van der Waals surface area (Å²) in [6.07, 6.45) is 13.9. The Balaban J connectivity index is 0.000000182. The van der Waals surface area contributed by atoms with Gasteiger partial charge in [0, 0.05) is 12.1 Å². The number of carboxylic acid groups (broad SMARTS) is 1. The van der Waals surface area contributed by atoms with Crippen LogP contribution in [0.5, 0.6) is 0 Å². The number of ether oxygens (including phenoxy) is 1. The fourth-order valence-corrected chi connectivity index (χ4v) is 8.55. The van der Waals surface area contributed by atoms with Gasteiger partial charge in [0.25, 0.3) is 0 Å². The molecule has 4 unspecified atom stereocenters. The van der Waals surface area contributed by atoms with E-state index in [4.69, 9.17) is 9.84 Å². The van der Waals surface area contributed by atoms with Crippen molar-refractivity contribution in [3.8, 4) is 0 Å². The van der Waals surface area contributed by atoms with Crippen molar-refractivity contribution < 1.29 is 19.4 Å². The Morgan fingerprint density at radius 2 is 1.07 bits per heavy atom. The Bertz CT molecular complexity index is 1230. The monoisotopic (exact) mass is 630 g/mol. The molecule has 4 aliphatic rings. The first-order valence-electron chi connectivity index (χ1n) is 18.3. The van der Waals surface area contributed by atoms with E-state index >= 15 is 0 Å². The van der Waals surface area contributed by atoms with E-state index in [-0.39, 0.29) is 17.8 Å². The number of hydrogen-bond acceptors (Lipinski definition) is 5. The molecule has 0 spiro atoms. The van der Waals surface area contributed by atoms with Crippen LogP contribution in [-0.2, 0) is 14.3 Å². The van der Waals surface area contributed by atoms with Crippen molar-refractivity contribution in [1.29, 1.82) is 0 Å². The number of likely N-dealkylation sites (tertiary alicyclic amines) is 2. The lowest BCUT2D eigenvalue weighted by Crippen LogP contribution is -2.44. The molecule has 2 heterocycles. The molecule has 2 aliphatic carbocycles. The van der Waals surface area contributed by atoms with Crippen molar-refractivity contribution in [3.63, 3.8) is 0 Å². The van der Waals surface area contributed by atoms with E-state index in [1.165, 1.54) is 73.6 Å². The van der Waals surface area contributed by atoms with Crippen LogP contribution in [0.4, 0.5) is 0 Å². The van der Waals surface area contributed by atoms with Crippen molar-refractivity contribution >= 4 is 11.9 Å². The van der Waals surface area contributed by atoms with E-state index in [0.29, 0.717) is 30.5 Å². The molecule has 2 aromatic carbocycles. The standard InChI is InChI=1S/C21H31NO2.C19H27NO2/c1-3-24-21(23)18-11-13-22(14-12-18)20-6-4-5-19(15-20)17-9-7-16(2)8-10-17;1-14-5-7-15(8-6-14)17-3-2-4-18(13-17)20-11-9-16(10-12-20)19(21)22/h7-10,18-20H,3-6,11-15H2,1-2H3;5-8,16-18H,2-4,9-13H2,1H3,(H,21,22). The molecule has 252 valence electrons. The van der Waals surface area contributed by atoms with Crippen LogP contribution in [-0.4, -0.2) is 71.7 Å². The summed E-state index contributed by atoms with van der Waals surface area (Å²) in [7, 11) is 0. The Kier molecular flexibility index (Phi) is 12.7. The van der Waals surface area contributed by atoms with E-state index in [0.717, 1.165) is 51.9 Å². The average Bonchev–Trinajstić information content (AvgIpc) is 3.09. The molecule has 4 fully saturated rings. The molecule has 6 heteroatoms. The minimum Gasteiger partial charge on any atom is -0.481 e. The van der Waals surface area contributed by atoms with Gasteiger partial charge in [-0.25, -0.2) is 0 Å². The molecular weight excluding hydrogens is 572 g/mol. The molecule has 0 bridgehead atoms. The number of hydrogen-bond donors (Lipinski definition) is 1. The summed E-state index contributed by atoms with van der Waals surface area (Å²) < 4.78 is 5.19. The first kappa shape index (κ1) is 34.6. The van der Waals surface area contributed by atoms with Crippen LogP contribution in [0.2, 0.25) is 0 Å². The summed E-state index contributed by atoms with van der Waals surface area (Å²) in [6, 6.07) is 19.5. The smallest absolute Gasteiger partial charge is 0.309 e. The quantitative estimate of drug-likeness (QED) is 0.312. The number of aryl methyl sites for hydroxylation is 2. The molecule has 0 amide bonds. The van der Waals surface area contributed by atoms with E-state index in [1.54, 1.807) is 0 Å². The number of carbonyl (C=O) groups is 2. The van der Waals surface area contributed by atoms with Gasteiger partial charge in [0.1, 0.15) is 0 Å². The average molecular weight is 631 g/mol. The number of esters is 1. The van der Waals surface area contributed by atoms with Crippen molar-refractivity contribution in [2.45, 2.75) is 122 Å². The largest absolute Gasteiger partial charge is 0.481 e. The minimum absolute atomic E-state index is 0.0123. The van der Waals surface area contributed by atoms with E-state index in [1.807, 2.05) is 6.92 Å². The molecule has 2 aliphatic heterocycles. The van der Waals surface area contributed by atoms with Crippen LogP contribution in [0.15, 0.2) is 48.5 Å². The zero-order valence-corrected chi connectivity index (χ0v) is 28.7. The number of carbonyl (C=O) groups excluding carboxylic acids is 1. The predicted octanol–water partition coefficient (Wildman–Crippen LogP) is 8.11. The molecule has 6 rings (SSSR count). The number of benzene rings is 2. The van der Waals surface area contributed by atoms with Gasteiger partial charge in [-0.1, -0.05) is 72.5 Å². The number of piperidine rings is 2. The molecule has 4 atom stereocenters. The molecule has 1 N–H and O–H groups in total. The van der Waals surface area contributed by atoms with Crippen LogP contribution in [0, 0.1) is 25.7 Å². The second-order valence-corrected chi connectivity index (χ2v) is 14.6. The summed E-state index contributed by atoms with van der Waals surface area (Å²) in [5, 5.41) is 9.13. The molecule has 0 aromatic heterocycles. The first-order chi connectivity index (χ1) is 22.3. The maximum absolute atomic E-state index is 11.9. The summed E-state index contributed by atoms with van der Waals surface area (Å²) in [6.45, 7) is 10.7. The molecule has 2 aromatic rings. The van der Waals surface area contributed by atoms with Crippen molar-refractivity contribution in [2.24, 2.45) is 11.8 Å². The Morgan fingerprint density at radius 1 is 0.652 bits per heavy atom. The molecule has 46 heavy (non-hydrogen) atoms. The Labute approximate surface area is 277 Å². The number of rotatable bonds is 7. The molecule has 0 radical (unpaired) electrons. The number of carboxylic acids is 1. The van der Waals surface area contributed by atoms with Gasteiger partial charge in [0.05, 0.1) is 18.4 Å². The first-order valence-corrected chi connectivity index (χ1v) is 18.3. The van der Waals surface area contributed by atoms with E-state index in [2.05, 4.69) is 72.2 Å². The Hall–Kier alpha value is -2.70. The van der Waals surface area contributed by atoms with Crippen LogP contribution in [0.3, 0.4) is 0 Å². The molecular formula is C40H58N2O4. The molecule has 2 saturated heterocycles. The second kappa shape index (κ2) is 16.9. The topological polar surface area (TPSA) is 70.1 Å². The third-order valence-corrected chi connectivity index (χ3v) is 11.5. The lowest BCUT2D eigenvalue weighted by molar-refractivity contribution is -0.150. The Morgan fingerprint density at radius 3 is 1.46 bits per heavy atom.